The number of para-hydroxylation sites is 1. The fraction of sp³-hybridized carbons (Fsp3) is 0.368. The van der Waals surface area contributed by atoms with Crippen LogP contribution in [0.3, 0.4) is 0 Å². The molecule has 2 aliphatic heterocycles. The summed E-state index contributed by atoms with van der Waals surface area (Å²) < 4.78 is 12.4. The van der Waals surface area contributed by atoms with Crippen molar-refractivity contribution in [3.05, 3.63) is 53.3 Å². The van der Waals surface area contributed by atoms with E-state index in [-0.39, 0.29) is 0 Å². The lowest BCUT2D eigenvalue weighted by Crippen LogP contribution is -2.33. The molecule has 2 aromatic rings. The van der Waals surface area contributed by atoms with Gasteiger partial charge in [0.2, 0.25) is 0 Å². The van der Waals surface area contributed by atoms with Crippen molar-refractivity contribution >= 4 is 0 Å². The number of hydrogen-bond donors (Lipinski definition) is 1. The zero-order chi connectivity index (χ0) is 16.6. The molecule has 0 spiro atoms. The summed E-state index contributed by atoms with van der Waals surface area (Å²) in [7, 11) is 0. The van der Waals surface area contributed by atoms with E-state index in [1.807, 2.05) is 19.1 Å². The Bertz CT molecular complexity index is 791. The summed E-state index contributed by atoms with van der Waals surface area (Å²) in [5.41, 5.74) is 2.40. The summed E-state index contributed by atoms with van der Waals surface area (Å²) >= 11 is 0. The van der Waals surface area contributed by atoms with Gasteiger partial charge in [-0.2, -0.15) is 5.26 Å². The molecule has 1 N–H and O–H groups in total. The molecule has 0 unspecified atom stereocenters. The zero-order valence-corrected chi connectivity index (χ0v) is 13.6. The topological polar surface area (TPSA) is 67.2 Å². The van der Waals surface area contributed by atoms with Crippen molar-refractivity contribution in [3.8, 4) is 17.6 Å². The minimum absolute atomic E-state index is 0.487. The van der Waals surface area contributed by atoms with Crippen LogP contribution in [0.2, 0.25) is 0 Å². The van der Waals surface area contributed by atoms with E-state index in [0.717, 1.165) is 37.4 Å². The van der Waals surface area contributed by atoms with Crippen LogP contribution >= 0.6 is 0 Å². The number of benzene rings is 1. The van der Waals surface area contributed by atoms with Gasteiger partial charge in [0.1, 0.15) is 11.8 Å². The molecular weight excluding hydrogens is 302 g/mol. The first-order valence-corrected chi connectivity index (χ1v) is 8.28. The van der Waals surface area contributed by atoms with Crippen molar-refractivity contribution in [2.75, 3.05) is 13.1 Å². The molecule has 122 valence electrons. The van der Waals surface area contributed by atoms with Crippen LogP contribution in [0.25, 0.3) is 0 Å². The number of pyridine rings is 1. The van der Waals surface area contributed by atoms with E-state index in [4.69, 9.17) is 14.7 Å². The van der Waals surface area contributed by atoms with Crippen molar-refractivity contribution in [1.29, 1.82) is 5.26 Å². The van der Waals surface area contributed by atoms with Gasteiger partial charge in [-0.3, -0.25) is 4.98 Å². The number of fused-ring (bicyclic) bond motifs is 1. The largest absolute Gasteiger partial charge is 0.443 e. The van der Waals surface area contributed by atoms with Crippen LogP contribution in [0.5, 0.6) is 11.5 Å². The number of piperidine rings is 1. The fourth-order valence-electron chi connectivity index (χ4n) is 3.44. The Morgan fingerprint density at radius 1 is 1.21 bits per heavy atom. The summed E-state index contributed by atoms with van der Waals surface area (Å²) in [4.78, 5) is 4.35. The molecule has 2 aliphatic rings. The summed E-state index contributed by atoms with van der Waals surface area (Å²) in [6.07, 6.45) is 3.75. The van der Waals surface area contributed by atoms with Gasteiger partial charge in [-0.15, -0.1) is 0 Å². The summed E-state index contributed by atoms with van der Waals surface area (Å²) in [6, 6.07) is 11.7. The van der Waals surface area contributed by atoms with E-state index in [1.165, 1.54) is 5.56 Å². The maximum atomic E-state index is 8.92. The molecule has 5 nitrogen and oxygen atoms in total. The number of nitrogens with zero attached hydrogens (tertiary/aromatic N) is 2. The van der Waals surface area contributed by atoms with Crippen LogP contribution < -0.4 is 14.8 Å². The molecule has 0 amide bonds. The predicted molar refractivity (Wildman–Crippen MR) is 88.8 cm³/mol. The lowest BCUT2D eigenvalue weighted by atomic mass is 9.89. The second kappa shape index (κ2) is 5.81. The van der Waals surface area contributed by atoms with Crippen molar-refractivity contribution in [3.63, 3.8) is 0 Å². The smallest absolute Gasteiger partial charge is 0.292 e. The van der Waals surface area contributed by atoms with E-state index in [1.54, 1.807) is 18.3 Å². The predicted octanol–water partition coefficient (Wildman–Crippen LogP) is 3.06. The van der Waals surface area contributed by atoms with Crippen LogP contribution in [0, 0.1) is 11.3 Å². The van der Waals surface area contributed by atoms with Crippen LogP contribution in [-0.4, -0.2) is 18.1 Å². The third kappa shape index (κ3) is 2.49. The second-order valence-corrected chi connectivity index (χ2v) is 6.39. The molecule has 0 saturated carbocycles. The quantitative estimate of drug-likeness (QED) is 0.921. The molecule has 4 rings (SSSR count). The minimum atomic E-state index is -0.959. The molecule has 1 fully saturated rings. The van der Waals surface area contributed by atoms with Crippen molar-refractivity contribution in [2.45, 2.75) is 31.5 Å². The normalized spacial score (nSPS) is 23.0. The van der Waals surface area contributed by atoms with E-state index < -0.39 is 5.79 Å². The first-order chi connectivity index (χ1) is 11.7. The molecule has 5 heteroatoms. The lowest BCUT2D eigenvalue weighted by molar-refractivity contribution is -0.0722. The van der Waals surface area contributed by atoms with Gasteiger partial charge in [0.15, 0.2) is 11.5 Å². The average molecular weight is 321 g/mol. The Morgan fingerprint density at radius 2 is 2.04 bits per heavy atom. The maximum Gasteiger partial charge on any atom is 0.292 e. The highest BCUT2D eigenvalue weighted by molar-refractivity contribution is 5.51. The lowest BCUT2D eigenvalue weighted by Gasteiger charge is -2.25. The standard InChI is InChI=1S/C19H19N3O2/c1-19(17-6-5-13(11-20)12-22-17)23-16-4-2-3-15(18(16)24-19)14-7-9-21-10-8-14/h2-6,12,14,21H,7-10H2,1H3/t19-/m0/s1. The fourth-order valence-corrected chi connectivity index (χ4v) is 3.44. The number of aromatic nitrogens is 1. The van der Waals surface area contributed by atoms with E-state index in [2.05, 4.69) is 22.4 Å². The first kappa shape index (κ1) is 15.0. The summed E-state index contributed by atoms with van der Waals surface area (Å²) in [5, 5.41) is 12.3. The van der Waals surface area contributed by atoms with Crippen LogP contribution in [0.4, 0.5) is 0 Å². The number of hydrogen-bond acceptors (Lipinski definition) is 5. The third-order valence-electron chi connectivity index (χ3n) is 4.75. The van der Waals surface area contributed by atoms with E-state index >= 15 is 0 Å². The molecule has 24 heavy (non-hydrogen) atoms. The van der Waals surface area contributed by atoms with Gasteiger partial charge in [-0.05, 0) is 50.0 Å². The number of nitrogens with one attached hydrogen (secondary N) is 1. The molecule has 0 bridgehead atoms. The summed E-state index contributed by atoms with van der Waals surface area (Å²) in [5.74, 6) is 1.12. The monoisotopic (exact) mass is 321 g/mol. The maximum absolute atomic E-state index is 8.92. The van der Waals surface area contributed by atoms with Crippen LogP contribution in [0.1, 0.15) is 42.5 Å². The number of ether oxygens (including phenoxy) is 2. The van der Waals surface area contributed by atoms with Crippen LogP contribution in [-0.2, 0) is 5.79 Å². The Balaban J connectivity index is 1.66. The van der Waals surface area contributed by atoms with Crippen molar-refractivity contribution in [2.24, 2.45) is 0 Å². The van der Waals surface area contributed by atoms with Gasteiger partial charge in [-0.25, -0.2) is 0 Å². The van der Waals surface area contributed by atoms with Gasteiger partial charge < -0.3 is 14.8 Å². The zero-order valence-electron chi connectivity index (χ0n) is 13.6. The number of rotatable bonds is 2. The molecular formula is C19H19N3O2. The Morgan fingerprint density at radius 3 is 2.75 bits per heavy atom. The highest BCUT2D eigenvalue weighted by atomic mass is 16.7. The van der Waals surface area contributed by atoms with E-state index in [0.29, 0.717) is 17.2 Å². The SMILES string of the molecule is C[C@]1(c2ccc(C#N)cn2)Oc2cccc(C3CCNCC3)c2O1. The first-order valence-electron chi connectivity index (χ1n) is 8.28. The van der Waals surface area contributed by atoms with Gasteiger partial charge in [-0.1, -0.05) is 12.1 Å². The molecule has 1 saturated heterocycles. The van der Waals surface area contributed by atoms with Gasteiger partial charge >= 0.3 is 0 Å². The Hall–Kier alpha value is -2.58. The van der Waals surface area contributed by atoms with Gasteiger partial charge in [0, 0.05) is 18.7 Å². The average Bonchev–Trinajstić information content (AvgIpc) is 3.00. The molecule has 0 aliphatic carbocycles. The highest BCUT2D eigenvalue weighted by Crippen LogP contribution is 2.48. The van der Waals surface area contributed by atoms with Gasteiger partial charge in [0.25, 0.3) is 5.79 Å². The third-order valence-corrected chi connectivity index (χ3v) is 4.75. The van der Waals surface area contributed by atoms with Crippen molar-refractivity contribution < 1.29 is 9.47 Å². The second-order valence-electron chi connectivity index (χ2n) is 6.39. The number of nitriles is 1. The summed E-state index contributed by atoms with van der Waals surface area (Å²) in [6.45, 7) is 3.93. The van der Waals surface area contributed by atoms with E-state index in [9.17, 15) is 0 Å². The molecule has 0 radical (unpaired) electrons. The molecule has 1 aromatic carbocycles. The van der Waals surface area contributed by atoms with Gasteiger partial charge in [0.05, 0.1) is 5.56 Å². The highest BCUT2D eigenvalue weighted by Gasteiger charge is 2.42. The Labute approximate surface area is 141 Å². The Kier molecular flexibility index (Phi) is 3.62. The molecule has 3 heterocycles. The minimum Gasteiger partial charge on any atom is -0.443 e. The molecule has 1 aromatic heterocycles. The van der Waals surface area contributed by atoms with Crippen LogP contribution in [0.15, 0.2) is 36.5 Å². The van der Waals surface area contributed by atoms with Crippen molar-refractivity contribution in [1.82, 2.24) is 10.3 Å². The molecule has 1 atom stereocenters.